The number of amides is 2. The van der Waals surface area contributed by atoms with Crippen molar-refractivity contribution in [1.29, 1.82) is 0 Å². The van der Waals surface area contributed by atoms with Crippen molar-refractivity contribution in [1.82, 2.24) is 4.90 Å². The number of carboxylic acid groups (broad SMARTS) is 1. The Bertz CT molecular complexity index is 588. The summed E-state index contributed by atoms with van der Waals surface area (Å²) in [7, 11) is 0. The Hall–Kier alpha value is -1.08. The number of carbonyl (C=O) groups excluding carboxylic acids is 1. The van der Waals surface area contributed by atoms with Crippen molar-refractivity contribution in [3.05, 3.63) is 27.1 Å². The number of carboxylic acids is 1. The fraction of sp³-hybridized carbons (Fsp3) is 0.429. The molecule has 0 aliphatic carbocycles. The molecule has 2 amide bonds. The van der Waals surface area contributed by atoms with E-state index in [0.717, 1.165) is 21.8 Å². The summed E-state index contributed by atoms with van der Waals surface area (Å²) in [4.78, 5) is 25.5. The molecule has 3 rings (SSSR count). The van der Waals surface area contributed by atoms with E-state index in [9.17, 15) is 14.7 Å². The number of rotatable bonds is 2. The molecule has 0 aromatic heterocycles. The van der Waals surface area contributed by atoms with Crippen LogP contribution in [0.4, 0.5) is 10.5 Å². The van der Waals surface area contributed by atoms with Gasteiger partial charge >= 0.3 is 12.0 Å². The fourth-order valence-corrected chi connectivity index (χ4v) is 4.56. The molecule has 2 saturated heterocycles. The first kappa shape index (κ1) is 14.8. The third-order valence-electron chi connectivity index (χ3n) is 4.28. The molecule has 0 saturated carbocycles. The Morgan fingerprint density at radius 2 is 1.90 bits per heavy atom. The molecule has 2 bridgehead atoms. The van der Waals surface area contributed by atoms with Crippen LogP contribution in [0.3, 0.4) is 0 Å². The SMILES string of the molecule is O=C(O)C1CC2CCC1N2C(=O)Nc1c(Br)cccc1Br. The van der Waals surface area contributed by atoms with E-state index >= 15 is 0 Å². The first-order valence-electron chi connectivity index (χ1n) is 6.75. The van der Waals surface area contributed by atoms with Crippen LogP contribution in [0.2, 0.25) is 0 Å². The highest BCUT2D eigenvalue weighted by Gasteiger charge is 2.51. The number of para-hydroxylation sites is 1. The van der Waals surface area contributed by atoms with E-state index in [4.69, 9.17) is 0 Å². The lowest BCUT2D eigenvalue weighted by Gasteiger charge is -2.24. The summed E-state index contributed by atoms with van der Waals surface area (Å²) in [6.07, 6.45) is 2.22. The van der Waals surface area contributed by atoms with Crippen LogP contribution in [-0.4, -0.2) is 34.1 Å². The smallest absolute Gasteiger partial charge is 0.322 e. The second-order valence-corrected chi connectivity index (χ2v) is 7.12. The quantitative estimate of drug-likeness (QED) is 0.770. The molecule has 0 radical (unpaired) electrons. The zero-order chi connectivity index (χ0) is 15.1. The average molecular weight is 418 g/mol. The highest BCUT2D eigenvalue weighted by molar-refractivity contribution is 9.11. The number of hydrogen-bond acceptors (Lipinski definition) is 2. The summed E-state index contributed by atoms with van der Waals surface area (Å²) in [6.45, 7) is 0. The van der Waals surface area contributed by atoms with Gasteiger partial charge in [0, 0.05) is 21.0 Å². The molecule has 1 aromatic rings. The van der Waals surface area contributed by atoms with E-state index in [-0.39, 0.29) is 18.1 Å². The van der Waals surface area contributed by atoms with Gasteiger partial charge in [0.05, 0.1) is 11.6 Å². The van der Waals surface area contributed by atoms with Gasteiger partial charge < -0.3 is 15.3 Å². The largest absolute Gasteiger partial charge is 0.481 e. The van der Waals surface area contributed by atoms with E-state index in [2.05, 4.69) is 37.2 Å². The number of aliphatic carboxylic acids is 1. The predicted molar refractivity (Wildman–Crippen MR) is 85.3 cm³/mol. The van der Waals surface area contributed by atoms with Crippen molar-refractivity contribution in [3.8, 4) is 0 Å². The van der Waals surface area contributed by atoms with Gasteiger partial charge in [-0.1, -0.05) is 6.07 Å². The Kier molecular flexibility index (Phi) is 3.96. The number of nitrogens with one attached hydrogen (secondary N) is 1. The summed E-state index contributed by atoms with van der Waals surface area (Å²) >= 11 is 6.82. The van der Waals surface area contributed by atoms with Crippen molar-refractivity contribution >= 4 is 49.5 Å². The van der Waals surface area contributed by atoms with Gasteiger partial charge in [0.1, 0.15) is 0 Å². The number of carbonyl (C=O) groups is 2. The minimum absolute atomic E-state index is 0.0392. The molecular weight excluding hydrogens is 404 g/mol. The number of anilines is 1. The maximum Gasteiger partial charge on any atom is 0.322 e. The molecule has 5 nitrogen and oxygen atoms in total. The van der Waals surface area contributed by atoms with E-state index < -0.39 is 11.9 Å². The molecule has 112 valence electrons. The molecule has 2 aliphatic heterocycles. The van der Waals surface area contributed by atoms with Crippen LogP contribution in [0.5, 0.6) is 0 Å². The van der Waals surface area contributed by atoms with Gasteiger partial charge in [-0.05, 0) is 63.3 Å². The summed E-state index contributed by atoms with van der Waals surface area (Å²) in [5.74, 6) is -1.24. The Balaban J connectivity index is 1.79. The van der Waals surface area contributed by atoms with Crippen molar-refractivity contribution in [2.24, 2.45) is 5.92 Å². The second kappa shape index (κ2) is 5.61. The molecule has 1 aromatic carbocycles. The molecule has 2 fully saturated rings. The van der Waals surface area contributed by atoms with Gasteiger partial charge in [0.25, 0.3) is 0 Å². The van der Waals surface area contributed by atoms with Gasteiger partial charge in [-0.2, -0.15) is 0 Å². The first-order chi connectivity index (χ1) is 9.99. The van der Waals surface area contributed by atoms with Gasteiger partial charge in [-0.25, -0.2) is 4.79 Å². The molecule has 21 heavy (non-hydrogen) atoms. The highest BCUT2D eigenvalue weighted by atomic mass is 79.9. The summed E-state index contributed by atoms with van der Waals surface area (Å²) in [6, 6.07) is 5.19. The number of fused-ring (bicyclic) bond motifs is 2. The van der Waals surface area contributed by atoms with Crippen molar-refractivity contribution < 1.29 is 14.7 Å². The number of halogens is 2. The molecular formula is C14H14Br2N2O3. The van der Waals surface area contributed by atoms with Crippen molar-refractivity contribution in [2.75, 3.05) is 5.32 Å². The lowest BCUT2D eigenvalue weighted by molar-refractivity contribution is -0.142. The van der Waals surface area contributed by atoms with Crippen molar-refractivity contribution in [2.45, 2.75) is 31.3 Å². The van der Waals surface area contributed by atoms with E-state index in [1.807, 2.05) is 18.2 Å². The first-order valence-corrected chi connectivity index (χ1v) is 8.33. The number of urea groups is 1. The van der Waals surface area contributed by atoms with Crippen LogP contribution >= 0.6 is 31.9 Å². The zero-order valence-electron chi connectivity index (χ0n) is 11.1. The summed E-state index contributed by atoms with van der Waals surface area (Å²) in [5.41, 5.74) is 0.667. The molecule has 3 unspecified atom stereocenters. The van der Waals surface area contributed by atoms with Crippen LogP contribution in [-0.2, 0) is 4.79 Å². The Morgan fingerprint density at radius 3 is 2.48 bits per heavy atom. The van der Waals surface area contributed by atoms with E-state index in [1.54, 1.807) is 4.90 Å². The molecule has 2 aliphatic rings. The monoisotopic (exact) mass is 416 g/mol. The molecule has 0 spiro atoms. The third kappa shape index (κ3) is 2.57. The Morgan fingerprint density at radius 1 is 1.24 bits per heavy atom. The van der Waals surface area contributed by atoms with Crippen LogP contribution in [0.25, 0.3) is 0 Å². The number of hydrogen-bond donors (Lipinski definition) is 2. The standard InChI is InChI=1S/C14H14Br2N2O3/c15-9-2-1-3-10(16)12(9)17-14(21)18-7-4-5-11(18)8(6-7)13(19)20/h1-3,7-8,11H,4-6H2,(H,17,21)(H,19,20). The minimum Gasteiger partial charge on any atom is -0.481 e. The van der Waals surface area contributed by atoms with Gasteiger partial charge in [0.2, 0.25) is 0 Å². The molecule has 2 heterocycles. The fourth-order valence-electron chi connectivity index (χ4n) is 3.36. The van der Waals surface area contributed by atoms with Crippen LogP contribution in [0.1, 0.15) is 19.3 Å². The van der Waals surface area contributed by atoms with Gasteiger partial charge in [0.15, 0.2) is 0 Å². The molecule has 7 heteroatoms. The average Bonchev–Trinajstić information content (AvgIpc) is 3.00. The number of benzene rings is 1. The molecule has 3 atom stereocenters. The lowest BCUT2D eigenvalue weighted by Crippen LogP contribution is -2.40. The molecule has 2 N–H and O–H groups in total. The Labute approximate surface area is 139 Å². The van der Waals surface area contributed by atoms with Crippen LogP contribution in [0.15, 0.2) is 27.1 Å². The number of nitrogens with zero attached hydrogens (tertiary/aromatic N) is 1. The van der Waals surface area contributed by atoms with Crippen LogP contribution < -0.4 is 5.32 Å². The highest BCUT2D eigenvalue weighted by Crippen LogP contribution is 2.42. The van der Waals surface area contributed by atoms with E-state index in [0.29, 0.717) is 12.1 Å². The normalized spacial score (nSPS) is 27.0. The van der Waals surface area contributed by atoms with Gasteiger partial charge in [-0.15, -0.1) is 0 Å². The van der Waals surface area contributed by atoms with E-state index in [1.165, 1.54) is 0 Å². The predicted octanol–water partition coefficient (Wildman–Crippen LogP) is 3.68. The summed E-state index contributed by atoms with van der Waals surface area (Å²) in [5, 5.41) is 12.1. The second-order valence-electron chi connectivity index (χ2n) is 5.41. The zero-order valence-corrected chi connectivity index (χ0v) is 14.2. The minimum atomic E-state index is -0.804. The maximum absolute atomic E-state index is 12.5. The van der Waals surface area contributed by atoms with Crippen LogP contribution in [0, 0.1) is 5.92 Å². The van der Waals surface area contributed by atoms with Crippen molar-refractivity contribution in [3.63, 3.8) is 0 Å². The van der Waals surface area contributed by atoms with Gasteiger partial charge in [-0.3, -0.25) is 4.79 Å². The topological polar surface area (TPSA) is 69.6 Å². The summed E-state index contributed by atoms with van der Waals surface area (Å²) < 4.78 is 1.57. The third-order valence-corrected chi connectivity index (χ3v) is 5.60. The lowest BCUT2D eigenvalue weighted by atomic mass is 9.89. The maximum atomic E-state index is 12.5.